The standard InChI is InChI=1S/C14H20O5S/c1-5-12(19-20(16)17)10-6-8-11(9-7-10)14(2,3)13(15)18-4/h6-9,12H,5H2,1-4H3,(H,16,17). The van der Waals surface area contributed by atoms with Crippen molar-refractivity contribution >= 4 is 17.3 Å². The van der Waals surface area contributed by atoms with Gasteiger partial charge in [0.1, 0.15) is 6.10 Å². The Labute approximate surface area is 121 Å². The molecule has 1 rings (SSSR count). The number of rotatable bonds is 6. The maximum Gasteiger partial charge on any atom is 0.315 e. The first-order chi connectivity index (χ1) is 9.32. The lowest BCUT2D eigenvalue weighted by Crippen LogP contribution is -2.30. The second-order valence-corrected chi connectivity index (χ2v) is 5.58. The molecule has 0 saturated heterocycles. The van der Waals surface area contributed by atoms with Gasteiger partial charge < -0.3 is 4.74 Å². The van der Waals surface area contributed by atoms with E-state index in [2.05, 4.69) is 0 Å². The van der Waals surface area contributed by atoms with Gasteiger partial charge in [-0.05, 0) is 31.4 Å². The third kappa shape index (κ3) is 3.88. The number of benzene rings is 1. The van der Waals surface area contributed by atoms with Crippen LogP contribution in [0, 0.1) is 0 Å². The Balaban J connectivity index is 2.98. The van der Waals surface area contributed by atoms with Crippen LogP contribution in [0.3, 0.4) is 0 Å². The van der Waals surface area contributed by atoms with E-state index in [1.165, 1.54) is 7.11 Å². The normalized spacial score (nSPS) is 14.7. The lowest BCUT2D eigenvalue weighted by Gasteiger charge is -2.23. The molecule has 2 unspecified atom stereocenters. The van der Waals surface area contributed by atoms with Crippen LogP contribution in [0.5, 0.6) is 0 Å². The summed E-state index contributed by atoms with van der Waals surface area (Å²) in [7, 11) is 1.36. The van der Waals surface area contributed by atoms with Crippen LogP contribution in [-0.2, 0) is 30.5 Å². The number of hydrogen-bond acceptors (Lipinski definition) is 4. The van der Waals surface area contributed by atoms with E-state index in [1.54, 1.807) is 38.1 Å². The van der Waals surface area contributed by atoms with E-state index < -0.39 is 22.9 Å². The number of methoxy groups -OCH3 is 1. The van der Waals surface area contributed by atoms with Gasteiger partial charge in [-0.1, -0.05) is 31.2 Å². The molecule has 1 aromatic rings. The Kier molecular flexibility index (Phi) is 5.86. The van der Waals surface area contributed by atoms with Gasteiger partial charge in [0.2, 0.25) is 0 Å². The molecular formula is C14H20O5S. The van der Waals surface area contributed by atoms with Crippen molar-refractivity contribution in [1.82, 2.24) is 0 Å². The van der Waals surface area contributed by atoms with Crippen LogP contribution in [0.4, 0.5) is 0 Å². The summed E-state index contributed by atoms with van der Waals surface area (Å²) in [5.41, 5.74) is 0.864. The molecule has 1 aromatic carbocycles. The largest absolute Gasteiger partial charge is 0.468 e. The molecule has 0 aliphatic carbocycles. The molecule has 0 amide bonds. The minimum atomic E-state index is -2.30. The van der Waals surface area contributed by atoms with Crippen molar-refractivity contribution in [3.05, 3.63) is 35.4 Å². The molecule has 0 aromatic heterocycles. The molecule has 0 aliphatic heterocycles. The first-order valence-electron chi connectivity index (χ1n) is 6.29. The highest BCUT2D eigenvalue weighted by Gasteiger charge is 2.30. The molecule has 0 heterocycles. The van der Waals surface area contributed by atoms with Gasteiger partial charge in [0.25, 0.3) is 0 Å². The molecule has 0 radical (unpaired) electrons. The van der Waals surface area contributed by atoms with Gasteiger partial charge in [-0.15, -0.1) is 0 Å². The summed E-state index contributed by atoms with van der Waals surface area (Å²) in [4.78, 5) is 11.7. The van der Waals surface area contributed by atoms with Crippen LogP contribution in [0.1, 0.15) is 44.4 Å². The average molecular weight is 300 g/mol. The van der Waals surface area contributed by atoms with E-state index in [-0.39, 0.29) is 5.97 Å². The Hall–Kier alpha value is -1.24. The average Bonchev–Trinajstić information content (AvgIpc) is 2.43. The molecule has 0 aliphatic rings. The van der Waals surface area contributed by atoms with E-state index in [0.29, 0.717) is 6.42 Å². The molecule has 5 nitrogen and oxygen atoms in total. The molecule has 20 heavy (non-hydrogen) atoms. The van der Waals surface area contributed by atoms with Crippen LogP contribution in [0.15, 0.2) is 24.3 Å². The number of carbonyl (C=O) groups excluding carboxylic acids is 1. The molecule has 2 atom stereocenters. The molecule has 1 N–H and O–H groups in total. The molecule has 0 saturated carbocycles. The third-order valence-corrected chi connectivity index (χ3v) is 3.67. The van der Waals surface area contributed by atoms with Crippen molar-refractivity contribution < 1.29 is 22.5 Å². The van der Waals surface area contributed by atoms with E-state index in [4.69, 9.17) is 13.5 Å². The fourth-order valence-electron chi connectivity index (χ4n) is 1.95. The molecule has 0 fully saturated rings. The summed E-state index contributed by atoms with van der Waals surface area (Å²) < 4.78 is 29.2. The maximum absolute atomic E-state index is 11.7. The number of ether oxygens (including phenoxy) is 1. The minimum Gasteiger partial charge on any atom is -0.468 e. The molecular weight excluding hydrogens is 280 g/mol. The second-order valence-electron chi connectivity index (χ2n) is 4.95. The molecule has 112 valence electrons. The summed E-state index contributed by atoms with van der Waals surface area (Å²) in [6.45, 7) is 5.43. The first kappa shape index (κ1) is 16.8. The van der Waals surface area contributed by atoms with Crippen molar-refractivity contribution in [1.29, 1.82) is 0 Å². The van der Waals surface area contributed by atoms with Gasteiger partial charge in [-0.25, -0.2) is 0 Å². The predicted molar refractivity (Wildman–Crippen MR) is 76.4 cm³/mol. The van der Waals surface area contributed by atoms with Gasteiger partial charge in [0, 0.05) is 0 Å². The summed E-state index contributed by atoms with van der Waals surface area (Å²) in [5, 5.41) is 0. The van der Waals surface area contributed by atoms with E-state index in [1.807, 2.05) is 6.92 Å². The van der Waals surface area contributed by atoms with E-state index in [9.17, 15) is 9.00 Å². The smallest absolute Gasteiger partial charge is 0.315 e. The number of esters is 1. The van der Waals surface area contributed by atoms with Gasteiger partial charge in [0.15, 0.2) is 0 Å². The zero-order valence-electron chi connectivity index (χ0n) is 12.1. The third-order valence-electron chi connectivity index (χ3n) is 3.27. The summed E-state index contributed by atoms with van der Waals surface area (Å²) in [6, 6.07) is 7.19. The van der Waals surface area contributed by atoms with Crippen LogP contribution >= 0.6 is 0 Å². The lowest BCUT2D eigenvalue weighted by molar-refractivity contribution is -0.146. The van der Waals surface area contributed by atoms with Gasteiger partial charge in [-0.3, -0.25) is 13.5 Å². The highest BCUT2D eigenvalue weighted by atomic mass is 32.2. The fourth-order valence-corrected chi connectivity index (χ4v) is 2.39. The van der Waals surface area contributed by atoms with Gasteiger partial charge in [0.05, 0.1) is 12.5 Å². The molecule has 0 spiro atoms. The topological polar surface area (TPSA) is 72.8 Å². The van der Waals surface area contributed by atoms with Crippen LogP contribution < -0.4 is 0 Å². The Morgan fingerprint density at radius 3 is 2.30 bits per heavy atom. The Morgan fingerprint density at radius 2 is 1.90 bits per heavy atom. The molecule has 0 bridgehead atoms. The minimum absolute atomic E-state index is 0.315. The summed E-state index contributed by atoms with van der Waals surface area (Å²) >= 11 is -2.30. The van der Waals surface area contributed by atoms with E-state index >= 15 is 0 Å². The highest BCUT2D eigenvalue weighted by molar-refractivity contribution is 7.74. The van der Waals surface area contributed by atoms with Crippen molar-refractivity contribution in [2.24, 2.45) is 0 Å². The van der Waals surface area contributed by atoms with Gasteiger partial charge in [-0.2, -0.15) is 4.21 Å². The SMILES string of the molecule is CCC(OS(=O)O)c1ccc(C(C)(C)C(=O)OC)cc1. The summed E-state index contributed by atoms with van der Waals surface area (Å²) in [6.07, 6.45) is 0.127. The quantitative estimate of drug-likeness (QED) is 0.646. The van der Waals surface area contributed by atoms with E-state index in [0.717, 1.165) is 11.1 Å². The predicted octanol–water partition coefficient (Wildman–Crippen LogP) is 2.74. The maximum atomic E-state index is 11.7. The van der Waals surface area contributed by atoms with Crippen LogP contribution in [0.2, 0.25) is 0 Å². The van der Waals surface area contributed by atoms with Crippen molar-refractivity contribution in [2.45, 2.75) is 38.7 Å². The highest BCUT2D eigenvalue weighted by Crippen LogP contribution is 2.28. The van der Waals surface area contributed by atoms with Crippen molar-refractivity contribution in [3.8, 4) is 0 Å². The summed E-state index contributed by atoms with van der Waals surface area (Å²) in [5.74, 6) is -0.315. The zero-order valence-corrected chi connectivity index (χ0v) is 12.9. The fraction of sp³-hybridized carbons (Fsp3) is 0.500. The van der Waals surface area contributed by atoms with Gasteiger partial charge >= 0.3 is 17.3 Å². The lowest BCUT2D eigenvalue weighted by atomic mass is 9.84. The number of hydrogen-bond donors (Lipinski definition) is 1. The number of carbonyl (C=O) groups is 1. The Morgan fingerprint density at radius 1 is 1.35 bits per heavy atom. The zero-order chi connectivity index (χ0) is 15.3. The monoisotopic (exact) mass is 300 g/mol. The Bertz CT molecular complexity index is 481. The van der Waals surface area contributed by atoms with Crippen molar-refractivity contribution in [3.63, 3.8) is 0 Å². The van der Waals surface area contributed by atoms with Crippen molar-refractivity contribution in [2.75, 3.05) is 7.11 Å². The van der Waals surface area contributed by atoms with Crippen LogP contribution in [-0.4, -0.2) is 21.8 Å². The molecule has 6 heteroatoms. The second kappa shape index (κ2) is 6.97. The first-order valence-corrected chi connectivity index (χ1v) is 7.33. The van der Waals surface area contributed by atoms with Crippen LogP contribution in [0.25, 0.3) is 0 Å².